The van der Waals surface area contributed by atoms with Gasteiger partial charge in [0.25, 0.3) is 0 Å². The van der Waals surface area contributed by atoms with Gasteiger partial charge < -0.3 is 5.11 Å². The second-order valence-corrected chi connectivity index (χ2v) is 4.11. The number of rotatable bonds is 3. The average Bonchev–Trinajstić information content (AvgIpc) is 2.30. The second-order valence-electron chi connectivity index (χ2n) is 3.67. The Bertz CT molecular complexity index is 397. The van der Waals surface area contributed by atoms with Crippen molar-refractivity contribution >= 4 is 11.6 Å². The summed E-state index contributed by atoms with van der Waals surface area (Å²) in [5, 5.41) is 10.3. The Morgan fingerprint density at radius 2 is 2.06 bits per heavy atom. The van der Waals surface area contributed by atoms with Crippen molar-refractivity contribution in [3.63, 3.8) is 0 Å². The summed E-state index contributed by atoms with van der Waals surface area (Å²) in [6.45, 7) is 5.55. The molecule has 2 atom stereocenters. The molecule has 0 unspecified atom stereocenters. The third-order valence-electron chi connectivity index (χ3n) is 2.37. The van der Waals surface area contributed by atoms with Gasteiger partial charge in [0.2, 0.25) is 0 Å². The molecule has 0 aliphatic heterocycles. The summed E-state index contributed by atoms with van der Waals surface area (Å²) < 4.78 is 0. The van der Waals surface area contributed by atoms with Crippen LogP contribution in [0, 0.1) is 17.8 Å². The van der Waals surface area contributed by atoms with Gasteiger partial charge in [0.1, 0.15) is 0 Å². The van der Waals surface area contributed by atoms with Crippen molar-refractivity contribution in [2.75, 3.05) is 0 Å². The third kappa shape index (κ3) is 4.10. The molecule has 0 bridgehead atoms. The minimum atomic E-state index is -0.447. The maximum atomic E-state index is 9.64. The molecule has 84 valence electrons. The normalized spacial score (nSPS) is 13.4. The molecule has 0 saturated carbocycles. The molecule has 0 amide bonds. The van der Waals surface area contributed by atoms with E-state index in [9.17, 15) is 5.11 Å². The summed E-state index contributed by atoms with van der Waals surface area (Å²) in [7, 11) is 0. The third-order valence-corrected chi connectivity index (χ3v) is 2.62. The van der Waals surface area contributed by atoms with Crippen LogP contribution in [0.15, 0.2) is 36.9 Å². The molecule has 2 heteroatoms. The van der Waals surface area contributed by atoms with Gasteiger partial charge in [-0.25, -0.2) is 0 Å². The number of benzene rings is 1. The number of aliphatic hydroxyl groups excluding tert-OH is 1. The Labute approximate surface area is 102 Å². The number of hydrogen-bond acceptors (Lipinski definition) is 1. The minimum Gasteiger partial charge on any atom is -0.392 e. The predicted octanol–water partition coefficient (Wildman–Crippen LogP) is 3.26. The lowest BCUT2D eigenvalue weighted by Crippen LogP contribution is -2.14. The minimum absolute atomic E-state index is 0.0690. The van der Waals surface area contributed by atoms with Crippen molar-refractivity contribution in [1.82, 2.24) is 0 Å². The van der Waals surface area contributed by atoms with Gasteiger partial charge in [0, 0.05) is 22.9 Å². The zero-order valence-electron chi connectivity index (χ0n) is 9.28. The van der Waals surface area contributed by atoms with Gasteiger partial charge in [0.05, 0.1) is 6.10 Å². The van der Waals surface area contributed by atoms with E-state index in [1.54, 1.807) is 18.2 Å². The smallest absolute Gasteiger partial charge is 0.0709 e. The Kier molecular flexibility index (Phi) is 5.11. The van der Waals surface area contributed by atoms with Crippen LogP contribution in [0.4, 0.5) is 0 Å². The highest BCUT2D eigenvalue weighted by atomic mass is 35.5. The molecule has 0 heterocycles. The van der Waals surface area contributed by atoms with E-state index in [2.05, 4.69) is 18.4 Å². The fraction of sp³-hybridized carbons (Fsp3) is 0.286. The first-order chi connectivity index (χ1) is 7.63. The summed E-state index contributed by atoms with van der Waals surface area (Å²) in [5.41, 5.74) is 0.905. The molecule has 0 aromatic heterocycles. The Hall–Kier alpha value is -1.23. The summed E-state index contributed by atoms with van der Waals surface area (Å²) in [4.78, 5) is 0. The lowest BCUT2D eigenvalue weighted by atomic mass is 10.0. The lowest BCUT2D eigenvalue weighted by molar-refractivity contribution is 0.143. The van der Waals surface area contributed by atoms with Crippen molar-refractivity contribution in [2.24, 2.45) is 5.92 Å². The largest absolute Gasteiger partial charge is 0.392 e. The number of halogens is 1. The number of aliphatic hydroxyl groups is 1. The van der Waals surface area contributed by atoms with Crippen molar-refractivity contribution in [1.29, 1.82) is 0 Å². The van der Waals surface area contributed by atoms with Crippen LogP contribution in [-0.2, 0) is 0 Å². The van der Waals surface area contributed by atoms with Gasteiger partial charge in [0.15, 0.2) is 0 Å². The van der Waals surface area contributed by atoms with E-state index in [0.717, 1.165) is 5.56 Å². The molecule has 0 fully saturated rings. The van der Waals surface area contributed by atoms with Crippen LogP contribution in [0.1, 0.15) is 18.9 Å². The standard InChI is InChI=1S/C14H15ClO/c1-3-11(2)14(16)6-4-5-12-7-9-13(15)10-8-12/h3,7-11,14,16H,1,6H2,2H3/t11-,14+/m1/s1. The van der Waals surface area contributed by atoms with Crippen LogP contribution in [0.3, 0.4) is 0 Å². The molecule has 0 aliphatic rings. The Morgan fingerprint density at radius 3 is 2.62 bits per heavy atom. The maximum absolute atomic E-state index is 9.64. The van der Waals surface area contributed by atoms with Crippen molar-refractivity contribution in [2.45, 2.75) is 19.4 Å². The van der Waals surface area contributed by atoms with Crippen LogP contribution in [0.5, 0.6) is 0 Å². The molecule has 0 aliphatic carbocycles. The quantitative estimate of drug-likeness (QED) is 0.629. The van der Waals surface area contributed by atoms with Crippen LogP contribution in [-0.4, -0.2) is 11.2 Å². The Balaban J connectivity index is 2.55. The molecular formula is C14H15ClO. The molecule has 0 spiro atoms. The molecule has 1 N–H and O–H groups in total. The molecule has 0 saturated heterocycles. The van der Waals surface area contributed by atoms with E-state index >= 15 is 0 Å². The van der Waals surface area contributed by atoms with Crippen LogP contribution in [0.25, 0.3) is 0 Å². The monoisotopic (exact) mass is 234 g/mol. The highest BCUT2D eigenvalue weighted by Gasteiger charge is 2.07. The summed E-state index contributed by atoms with van der Waals surface area (Å²) >= 11 is 5.76. The fourth-order valence-electron chi connectivity index (χ4n) is 1.13. The zero-order chi connectivity index (χ0) is 12.0. The average molecular weight is 235 g/mol. The molecule has 0 radical (unpaired) electrons. The van der Waals surface area contributed by atoms with Crippen LogP contribution in [0.2, 0.25) is 5.02 Å². The van der Waals surface area contributed by atoms with E-state index in [1.165, 1.54) is 0 Å². The topological polar surface area (TPSA) is 20.2 Å². The van der Waals surface area contributed by atoms with Gasteiger partial charge in [-0.3, -0.25) is 0 Å². The maximum Gasteiger partial charge on any atom is 0.0709 e. The summed E-state index contributed by atoms with van der Waals surface area (Å²) in [5.74, 6) is 5.99. The summed E-state index contributed by atoms with van der Waals surface area (Å²) in [6, 6.07) is 7.32. The molecule has 1 aromatic rings. The van der Waals surface area contributed by atoms with E-state index in [-0.39, 0.29) is 5.92 Å². The van der Waals surface area contributed by atoms with Gasteiger partial charge in [-0.2, -0.15) is 0 Å². The molecule has 16 heavy (non-hydrogen) atoms. The number of hydrogen-bond donors (Lipinski definition) is 1. The highest BCUT2D eigenvalue weighted by Crippen LogP contribution is 2.09. The van der Waals surface area contributed by atoms with Crippen LogP contribution < -0.4 is 0 Å². The molecule has 1 rings (SSSR count). The van der Waals surface area contributed by atoms with Crippen molar-refractivity contribution in [3.05, 3.63) is 47.5 Å². The SMILES string of the molecule is C=C[C@@H](C)[C@@H](O)CC#Cc1ccc(Cl)cc1. The van der Waals surface area contributed by atoms with Gasteiger partial charge in [-0.15, -0.1) is 6.58 Å². The van der Waals surface area contributed by atoms with Crippen molar-refractivity contribution in [3.8, 4) is 11.8 Å². The highest BCUT2D eigenvalue weighted by molar-refractivity contribution is 6.30. The first kappa shape index (κ1) is 12.8. The summed E-state index contributed by atoms with van der Waals surface area (Å²) in [6.07, 6.45) is 1.74. The first-order valence-electron chi connectivity index (χ1n) is 5.18. The lowest BCUT2D eigenvalue weighted by Gasteiger charge is -2.10. The Morgan fingerprint density at radius 1 is 1.44 bits per heavy atom. The van der Waals surface area contributed by atoms with E-state index in [1.807, 2.05) is 19.1 Å². The molecule has 1 nitrogen and oxygen atoms in total. The fourth-order valence-corrected chi connectivity index (χ4v) is 1.26. The predicted molar refractivity (Wildman–Crippen MR) is 68.3 cm³/mol. The van der Waals surface area contributed by atoms with E-state index in [0.29, 0.717) is 11.4 Å². The van der Waals surface area contributed by atoms with E-state index in [4.69, 9.17) is 11.6 Å². The first-order valence-corrected chi connectivity index (χ1v) is 5.56. The zero-order valence-corrected chi connectivity index (χ0v) is 10.0. The van der Waals surface area contributed by atoms with Gasteiger partial charge in [-0.1, -0.05) is 36.4 Å². The van der Waals surface area contributed by atoms with Gasteiger partial charge >= 0.3 is 0 Å². The van der Waals surface area contributed by atoms with Crippen molar-refractivity contribution < 1.29 is 5.11 Å². The molecule has 1 aromatic carbocycles. The van der Waals surface area contributed by atoms with Crippen LogP contribution >= 0.6 is 11.6 Å². The molecular weight excluding hydrogens is 220 g/mol. The second kappa shape index (κ2) is 6.37. The van der Waals surface area contributed by atoms with E-state index < -0.39 is 6.10 Å². The van der Waals surface area contributed by atoms with Gasteiger partial charge in [-0.05, 0) is 24.3 Å².